The van der Waals surface area contributed by atoms with Gasteiger partial charge in [0.05, 0.1) is 17.7 Å². The summed E-state index contributed by atoms with van der Waals surface area (Å²) in [5.41, 5.74) is 1.94. The van der Waals surface area contributed by atoms with Gasteiger partial charge in [0.25, 0.3) is 5.91 Å². The summed E-state index contributed by atoms with van der Waals surface area (Å²) < 4.78 is 32.6. The molecule has 0 saturated heterocycles. The predicted molar refractivity (Wildman–Crippen MR) is 125 cm³/mol. The van der Waals surface area contributed by atoms with Gasteiger partial charge in [-0.05, 0) is 24.3 Å². The number of hydrogen-bond donors (Lipinski definition) is 2. The second-order valence-electron chi connectivity index (χ2n) is 6.82. The molecule has 0 radical (unpaired) electrons. The van der Waals surface area contributed by atoms with Crippen LogP contribution in [-0.2, 0) is 22.8 Å². The predicted octanol–water partition coefficient (Wildman–Crippen LogP) is 4.05. The number of thioether (sulfide) groups is 1. The van der Waals surface area contributed by atoms with Crippen LogP contribution in [0.4, 0.5) is 10.8 Å². The number of carbonyl (C=O) groups excluding carboxylic acids is 1. The molecule has 9 nitrogen and oxygen atoms in total. The van der Waals surface area contributed by atoms with E-state index in [1.54, 1.807) is 42.6 Å². The van der Waals surface area contributed by atoms with Gasteiger partial charge >= 0.3 is 0 Å². The fourth-order valence-electron chi connectivity index (χ4n) is 2.75. The number of hydrogen-bond acceptors (Lipinski definition) is 8. The first kappa shape index (κ1) is 22.1. The molecule has 0 atom stereocenters. The van der Waals surface area contributed by atoms with Crippen molar-refractivity contribution in [3.05, 3.63) is 65.7 Å². The molecule has 32 heavy (non-hydrogen) atoms. The van der Waals surface area contributed by atoms with Gasteiger partial charge in [0, 0.05) is 36.1 Å². The van der Waals surface area contributed by atoms with Crippen molar-refractivity contribution in [2.24, 2.45) is 7.05 Å². The first-order valence-corrected chi connectivity index (χ1v) is 13.1. The van der Waals surface area contributed by atoms with Gasteiger partial charge in [-0.15, -0.1) is 11.3 Å². The maximum absolute atomic E-state index is 12.5. The number of benzene rings is 1. The van der Waals surface area contributed by atoms with Crippen LogP contribution in [-0.4, -0.2) is 35.1 Å². The van der Waals surface area contributed by atoms with Gasteiger partial charge in [-0.25, -0.2) is 18.4 Å². The second kappa shape index (κ2) is 9.18. The Hall–Kier alpha value is -3.09. The molecular formula is C20H19N5O4S3. The summed E-state index contributed by atoms with van der Waals surface area (Å²) in [4.78, 5) is 21.2. The van der Waals surface area contributed by atoms with Crippen LogP contribution in [0.1, 0.15) is 16.3 Å². The molecule has 0 aliphatic heterocycles. The fraction of sp³-hybridized carbons (Fsp3) is 0.150. The first-order chi connectivity index (χ1) is 15.3. The summed E-state index contributed by atoms with van der Waals surface area (Å²) in [5.74, 6) is 1.05. The summed E-state index contributed by atoms with van der Waals surface area (Å²) in [6.45, 7) is 0. The summed E-state index contributed by atoms with van der Waals surface area (Å²) >= 11 is 2.81. The molecule has 0 fully saturated rings. The van der Waals surface area contributed by atoms with E-state index in [4.69, 9.17) is 4.42 Å². The standard InChI is InChI=1S/C20H19N5O4S3/c1-25-10-9-21-20(25)31-11-15-7-8-17(29-15)18(26)23-19-22-16(12-30-19)13-3-5-14(6-4-13)24-32(2,27)28/h3-10,12,24H,11H2,1-2H3,(H,22,23,26). The number of aromatic nitrogens is 3. The van der Waals surface area contributed by atoms with Crippen LogP contribution in [0.15, 0.2) is 63.7 Å². The topological polar surface area (TPSA) is 119 Å². The normalized spacial score (nSPS) is 11.4. The third-order valence-corrected chi connectivity index (χ3v) is 6.66. The zero-order valence-corrected chi connectivity index (χ0v) is 19.6. The fourth-order valence-corrected chi connectivity index (χ4v) is 4.86. The number of sulfonamides is 1. The summed E-state index contributed by atoms with van der Waals surface area (Å²) in [5, 5.41) is 5.85. The van der Waals surface area contributed by atoms with Crippen molar-refractivity contribution in [3.8, 4) is 11.3 Å². The largest absolute Gasteiger partial charge is 0.455 e. The van der Waals surface area contributed by atoms with Gasteiger partial charge in [0.15, 0.2) is 16.0 Å². The van der Waals surface area contributed by atoms with Gasteiger partial charge < -0.3 is 8.98 Å². The Balaban J connectivity index is 1.36. The Labute approximate surface area is 193 Å². The van der Waals surface area contributed by atoms with Gasteiger partial charge in [-0.3, -0.25) is 14.8 Å². The minimum Gasteiger partial charge on any atom is -0.455 e. The number of furan rings is 1. The third kappa shape index (κ3) is 5.58. The van der Waals surface area contributed by atoms with Crippen LogP contribution in [0.2, 0.25) is 0 Å². The Kier molecular flexibility index (Phi) is 6.35. The lowest BCUT2D eigenvalue weighted by atomic mass is 10.1. The van der Waals surface area contributed by atoms with Crippen molar-refractivity contribution in [1.82, 2.24) is 14.5 Å². The number of anilines is 2. The molecule has 0 spiro atoms. The second-order valence-corrected chi connectivity index (χ2v) is 10.4. The van der Waals surface area contributed by atoms with E-state index in [1.807, 2.05) is 23.2 Å². The molecule has 0 aliphatic rings. The van der Waals surface area contributed by atoms with Crippen molar-refractivity contribution in [3.63, 3.8) is 0 Å². The number of aryl methyl sites for hydroxylation is 1. The maximum atomic E-state index is 12.5. The van der Waals surface area contributed by atoms with Crippen molar-refractivity contribution >= 4 is 49.8 Å². The van der Waals surface area contributed by atoms with E-state index in [1.165, 1.54) is 23.1 Å². The minimum atomic E-state index is -3.33. The molecule has 2 N–H and O–H groups in total. The highest BCUT2D eigenvalue weighted by atomic mass is 32.2. The zero-order chi connectivity index (χ0) is 22.7. The highest BCUT2D eigenvalue weighted by molar-refractivity contribution is 7.98. The molecule has 3 heterocycles. The Morgan fingerprint density at radius 3 is 2.69 bits per heavy atom. The molecule has 12 heteroatoms. The number of imidazole rings is 1. The van der Waals surface area contributed by atoms with Crippen LogP contribution in [0.5, 0.6) is 0 Å². The zero-order valence-electron chi connectivity index (χ0n) is 17.1. The molecule has 0 unspecified atom stereocenters. The first-order valence-electron chi connectivity index (χ1n) is 9.31. The monoisotopic (exact) mass is 489 g/mol. The van der Waals surface area contributed by atoms with Crippen LogP contribution in [0, 0.1) is 0 Å². The number of nitrogens with zero attached hydrogens (tertiary/aromatic N) is 3. The van der Waals surface area contributed by atoms with E-state index >= 15 is 0 Å². The molecular weight excluding hydrogens is 470 g/mol. The van der Waals surface area contributed by atoms with Crippen LogP contribution in [0.3, 0.4) is 0 Å². The minimum absolute atomic E-state index is 0.202. The highest BCUT2D eigenvalue weighted by Crippen LogP contribution is 2.27. The number of amides is 1. The molecule has 166 valence electrons. The van der Waals surface area contributed by atoms with Gasteiger partial charge in [-0.2, -0.15) is 0 Å². The Bertz CT molecular complexity index is 1340. The smallest absolute Gasteiger partial charge is 0.293 e. The van der Waals surface area contributed by atoms with E-state index in [0.717, 1.165) is 17.0 Å². The lowest BCUT2D eigenvalue weighted by molar-refractivity contribution is 0.0995. The van der Waals surface area contributed by atoms with E-state index < -0.39 is 10.0 Å². The third-order valence-electron chi connectivity index (χ3n) is 4.21. The van der Waals surface area contributed by atoms with Crippen LogP contribution >= 0.6 is 23.1 Å². The molecule has 1 aromatic carbocycles. The SMILES string of the molecule is Cn1ccnc1SCc1ccc(C(=O)Nc2nc(-c3ccc(NS(C)(=O)=O)cc3)cs2)o1. The van der Waals surface area contributed by atoms with Gasteiger partial charge in [0.1, 0.15) is 5.76 Å². The number of carbonyl (C=O) groups is 1. The van der Waals surface area contributed by atoms with Crippen LogP contribution < -0.4 is 10.0 Å². The van der Waals surface area contributed by atoms with Crippen molar-refractivity contribution in [1.29, 1.82) is 0 Å². The lowest BCUT2D eigenvalue weighted by Crippen LogP contribution is -2.10. The molecule has 3 aromatic heterocycles. The van der Waals surface area contributed by atoms with Gasteiger partial charge in [0.2, 0.25) is 10.0 Å². The van der Waals surface area contributed by atoms with Crippen LogP contribution in [0.25, 0.3) is 11.3 Å². The van der Waals surface area contributed by atoms with Crippen molar-refractivity contribution in [2.45, 2.75) is 10.9 Å². The van der Waals surface area contributed by atoms with E-state index in [0.29, 0.717) is 28.0 Å². The molecule has 0 saturated carbocycles. The van der Waals surface area contributed by atoms with E-state index in [2.05, 4.69) is 20.0 Å². The number of nitrogens with one attached hydrogen (secondary N) is 2. The molecule has 0 bridgehead atoms. The Morgan fingerprint density at radius 2 is 2.00 bits per heavy atom. The molecule has 0 aliphatic carbocycles. The summed E-state index contributed by atoms with van der Waals surface area (Å²) in [6.07, 6.45) is 4.69. The lowest BCUT2D eigenvalue weighted by Gasteiger charge is -2.04. The van der Waals surface area contributed by atoms with Crippen molar-refractivity contribution < 1.29 is 17.6 Å². The molecule has 4 aromatic rings. The Morgan fingerprint density at radius 1 is 1.22 bits per heavy atom. The molecule has 4 rings (SSSR count). The molecule has 1 amide bonds. The van der Waals surface area contributed by atoms with Crippen molar-refractivity contribution in [2.75, 3.05) is 16.3 Å². The quantitative estimate of drug-likeness (QED) is 0.358. The number of rotatable bonds is 8. The number of thiazole rings is 1. The summed E-state index contributed by atoms with van der Waals surface area (Å²) in [6, 6.07) is 10.2. The van der Waals surface area contributed by atoms with Gasteiger partial charge in [-0.1, -0.05) is 23.9 Å². The van der Waals surface area contributed by atoms with E-state index in [-0.39, 0.29) is 11.7 Å². The maximum Gasteiger partial charge on any atom is 0.293 e. The highest BCUT2D eigenvalue weighted by Gasteiger charge is 2.15. The van der Waals surface area contributed by atoms with E-state index in [9.17, 15) is 13.2 Å². The average molecular weight is 490 g/mol. The summed E-state index contributed by atoms with van der Waals surface area (Å²) in [7, 11) is -1.42. The average Bonchev–Trinajstić information content (AvgIpc) is 3.47.